The maximum absolute atomic E-state index is 4.56. The molecule has 1 aromatic heterocycles. The second-order valence-corrected chi connectivity index (χ2v) is 4.66. The Balaban J connectivity index is 2.83. The molecule has 0 aromatic carbocycles. The van der Waals surface area contributed by atoms with Gasteiger partial charge < -0.3 is 10.2 Å². The van der Waals surface area contributed by atoms with Gasteiger partial charge in [0.15, 0.2) is 0 Å². The summed E-state index contributed by atoms with van der Waals surface area (Å²) in [5.41, 5.74) is 3.44. The Hall–Kier alpha value is -1.35. The van der Waals surface area contributed by atoms with Gasteiger partial charge in [-0.1, -0.05) is 19.1 Å². The molecule has 0 saturated heterocycles. The van der Waals surface area contributed by atoms with E-state index in [9.17, 15) is 0 Å². The largest absolute Gasteiger partial charge is 0.367 e. The van der Waals surface area contributed by atoms with Crippen LogP contribution in [0.5, 0.6) is 0 Å². The Bertz CT molecular complexity index is 366. The molecule has 1 unspecified atom stereocenters. The molecule has 1 N–H and O–H groups in total. The monoisotopic (exact) mass is 247 g/mol. The van der Waals surface area contributed by atoms with E-state index in [1.54, 1.807) is 0 Å². The maximum Gasteiger partial charge on any atom is 0.0574 e. The molecule has 3 heteroatoms. The highest BCUT2D eigenvalue weighted by Crippen LogP contribution is 2.18. The summed E-state index contributed by atoms with van der Waals surface area (Å²) in [6.07, 6.45) is 3.01. The summed E-state index contributed by atoms with van der Waals surface area (Å²) in [6.45, 7) is 12.2. The van der Waals surface area contributed by atoms with Crippen LogP contribution in [-0.4, -0.2) is 25.1 Å². The Morgan fingerprint density at radius 3 is 2.56 bits per heavy atom. The van der Waals surface area contributed by atoms with E-state index in [-0.39, 0.29) is 0 Å². The maximum atomic E-state index is 4.56. The average molecular weight is 247 g/mol. The lowest BCUT2D eigenvalue weighted by molar-refractivity contribution is 0.561. The van der Waals surface area contributed by atoms with Crippen LogP contribution in [0.4, 0.5) is 5.69 Å². The van der Waals surface area contributed by atoms with Crippen molar-refractivity contribution in [3.05, 3.63) is 36.2 Å². The lowest BCUT2D eigenvalue weighted by Crippen LogP contribution is -2.25. The minimum absolute atomic E-state index is 0.343. The highest BCUT2D eigenvalue weighted by atomic mass is 15.1. The number of hydrogen-bond donors (Lipinski definition) is 1. The van der Waals surface area contributed by atoms with E-state index >= 15 is 0 Å². The van der Waals surface area contributed by atoms with Crippen LogP contribution in [0, 0.1) is 0 Å². The van der Waals surface area contributed by atoms with Gasteiger partial charge in [-0.05, 0) is 39.4 Å². The molecule has 0 aliphatic heterocycles. The zero-order valence-corrected chi connectivity index (χ0v) is 12.0. The van der Waals surface area contributed by atoms with Crippen molar-refractivity contribution < 1.29 is 0 Å². The van der Waals surface area contributed by atoms with E-state index in [2.05, 4.69) is 54.7 Å². The first-order chi connectivity index (χ1) is 8.62. The fourth-order valence-electron chi connectivity index (χ4n) is 2.06. The third-order valence-electron chi connectivity index (χ3n) is 3.09. The summed E-state index contributed by atoms with van der Waals surface area (Å²) in [5.74, 6) is 0. The smallest absolute Gasteiger partial charge is 0.0574 e. The lowest BCUT2D eigenvalue weighted by atomic mass is 10.1. The van der Waals surface area contributed by atoms with Gasteiger partial charge in [0, 0.05) is 19.1 Å². The van der Waals surface area contributed by atoms with Crippen LogP contribution in [0.15, 0.2) is 30.5 Å². The third-order valence-corrected chi connectivity index (χ3v) is 3.09. The van der Waals surface area contributed by atoms with Gasteiger partial charge in [0.25, 0.3) is 0 Å². The topological polar surface area (TPSA) is 28.2 Å². The lowest BCUT2D eigenvalue weighted by Gasteiger charge is -2.23. The van der Waals surface area contributed by atoms with Gasteiger partial charge in [-0.2, -0.15) is 0 Å². The summed E-state index contributed by atoms with van der Waals surface area (Å²) >= 11 is 0. The molecule has 1 atom stereocenters. The molecule has 1 rings (SSSR count). The van der Waals surface area contributed by atoms with Crippen LogP contribution in [0.1, 0.15) is 38.9 Å². The first-order valence-electron chi connectivity index (χ1n) is 6.64. The standard InChI is InChI=1S/C15H25N3/c1-6-14(16-5)15-9-8-13(10-17-15)18(7-2)11-12(3)4/h8-10,14,16H,3,6-7,11H2,1-2,4-5H3. The second-order valence-electron chi connectivity index (χ2n) is 4.66. The third kappa shape index (κ3) is 3.84. The van der Waals surface area contributed by atoms with Gasteiger partial charge >= 0.3 is 0 Å². The molecular formula is C15H25N3. The number of anilines is 1. The summed E-state index contributed by atoms with van der Waals surface area (Å²) in [5, 5.41) is 3.27. The molecule has 0 amide bonds. The van der Waals surface area contributed by atoms with Crippen LogP contribution in [0.25, 0.3) is 0 Å². The van der Waals surface area contributed by atoms with E-state index in [1.165, 1.54) is 5.57 Å². The van der Waals surface area contributed by atoms with E-state index in [0.717, 1.165) is 30.9 Å². The molecule has 0 radical (unpaired) electrons. The van der Waals surface area contributed by atoms with Crippen molar-refractivity contribution >= 4 is 5.69 Å². The molecule has 18 heavy (non-hydrogen) atoms. The minimum atomic E-state index is 0.343. The highest BCUT2D eigenvalue weighted by Gasteiger charge is 2.09. The zero-order chi connectivity index (χ0) is 13.5. The number of nitrogens with one attached hydrogen (secondary N) is 1. The summed E-state index contributed by atoms with van der Waals surface area (Å²) in [7, 11) is 1.98. The Labute approximate surface area is 111 Å². The van der Waals surface area contributed by atoms with E-state index < -0.39 is 0 Å². The molecule has 0 spiro atoms. The Morgan fingerprint density at radius 2 is 2.17 bits per heavy atom. The molecule has 100 valence electrons. The molecule has 0 bridgehead atoms. The van der Waals surface area contributed by atoms with Crippen LogP contribution >= 0.6 is 0 Å². The zero-order valence-electron chi connectivity index (χ0n) is 12.0. The van der Waals surface area contributed by atoms with E-state index in [1.807, 2.05) is 13.2 Å². The first kappa shape index (κ1) is 14.7. The van der Waals surface area contributed by atoms with E-state index in [4.69, 9.17) is 0 Å². The highest BCUT2D eigenvalue weighted by molar-refractivity contribution is 5.45. The number of aromatic nitrogens is 1. The Morgan fingerprint density at radius 1 is 1.44 bits per heavy atom. The van der Waals surface area contributed by atoms with Crippen molar-refractivity contribution in [2.75, 3.05) is 25.0 Å². The van der Waals surface area contributed by atoms with Crippen LogP contribution in [0.2, 0.25) is 0 Å². The van der Waals surface area contributed by atoms with Crippen molar-refractivity contribution in [1.29, 1.82) is 0 Å². The van der Waals surface area contributed by atoms with Gasteiger partial charge in [-0.3, -0.25) is 4.98 Å². The normalized spacial score (nSPS) is 12.2. The van der Waals surface area contributed by atoms with Crippen LogP contribution in [0.3, 0.4) is 0 Å². The van der Waals surface area contributed by atoms with Crippen LogP contribution < -0.4 is 10.2 Å². The summed E-state index contributed by atoms with van der Waals surface area (Å²) < 4.78 is 0. The van der Waals surface area contributed by atoms with Gasteiger partial charge in [0.2, 0.25) is 0 Å². The quantitative estimate of drug-likeness (QED) is 0.750. The van der Waals surface area contributed by atoms with Gasteiger partial charge in [0.1, 0.15) is 0 Å². The predicted molar refractivity (Wildman–Crippen MR) is 79.0 cm³/mol. The Kier molecular flexibility index (Phi) is 5.86. The van der Waals surface area contributed by atoms with Crippen molar-refractivity contribution in [1.82, 2.24) is 10.3 Å². The molecule has 3 nitrogen and oxygen atoms in total. The van der Waals surface area contributed by atoms with Crippen molar-refractivity contribution in [3.8, 4) is 0 Å². The molecule has 0 saturated carbocycles. The molecule has 0 aliphatic carbocycles. The van der Waals surface area contributed by atoms with Gasteiger partial charge in [0.05, 0.1) is 17.6 Å². The number of pyridine rings is 1. The summed E-state index contributed by atoms with van der Waals surface area (Å²) in [4.78, 5) is 6.84. The van der Waals surface area contributed by atoms with Crippen molar-refractivity contribution in [2.45, 2.75) is 33.2 Å². The fourth-order valence-corrected chi connectivity index (χ4v) is 2.06. The number of nitrogens with zero attached hydrogens (tertiary/aromatic N) is 2. The molecule has 0 fully saturated rings. The average Bonchev–Trinajstić information content (AvgIpc) is 2.38. The molecule has 1 aromatic rings. The molecule has 0 aliphatic rings. The van der Waals surface area contributed by atoms with Crippen molar-refractivity contribution in [2.24, 2.45) is 0 Å². The molecule has 1 heterocycles. The van der Waals surface area contributed by atoms with Gasteiger partial charge in [-0.15, -0.1) is 0 Å². The number of rotatable bonds is 7. The van der Waals surface area contributed by atoms with Crippen molar-refractivity contribution in [3.63, 3.8) is 0 Å². The van der Waals surface area contributed by atoms with Gasteiger partial charge in [-0.25, -0.2) is 0 Å². The predicted octanol–water partition coefficient (Wildman–Crippen LogP) is 3.15. The number of likely N-dealkylation sites (N-methyl/N-ethyl adjacent to an activating group) is 1. The van der Waals surface area contributed by atoms with E-state index in [0.29, 0.717) is 6.04 Å². The first-order valence-corrected chi connectivity index (χ1v) is 6.64. The summed E-state index contributed by atoms with van der Waals surface area (Å²) in [6, 6.07) is 4.60. The SMILES string of the molecule is C=C(C)CN(CC)c1ccc(C(CC)NC)nc1. The number of hydrogen-bond acceptors (Lipinski definition) is 3. The molecular weight excluding hydrogens is 222 g/mol. The fraction of sp³-hybridized carbons (Fsp3) is 0.533. The minimum Gasteiger partial charge on any atom is -0.367 e. The van der Waals surface area contributed by atoms with Crippen LogP contribution in [-0.2, 0) is 0 Å². The second kappa shape index (κ2) is 7.17.